The zero-order chi connectivity index (χ0) is 22.6. The van der Waals surface area contributed by atoms with E-state index in [0.717, 1.165) is 11.3 Å². The Balaban J connectivity index is 1.56. The Morgan fingerprint density at radius 3 is 2.31 bits per heavy atom. The summed E-state index contributed by atoms with van der Waals surface area (Å²) in [7, 11) is 0. The van der Waals surface area contributed by atoms with E-state index in [0.29, 0.717) is 24.7 Å². The van der Waals surface area contributed by atoms with Gasteiger partial charge in [-0.2, -0.15) is 0 Å². The van der Waals surface area contributed by atoms with E-state index >= 15 is 0 Å². The fourth-order valence-corrected chi connectivity index (χ4v) is 2.93. The van der Waals surface area contributed by atoms with Crippen molar-refractivity contribution >= 4 is 11.9 Å². The highest BCUT2D eigenvalue weighted by Crippen LogP contribution is 2.23. The monoisotopic (exact) mass is 434 g/mol. The maximum Gasteiger partial charge on any atom is 0.307 e. The van der Waals surface area contributed by atoms with Crippen LogP contribution in [0.4, 0.5) is 0 Å². The molecule has 7 nitrogen and oxygen atoms in total. The van der Waals surface area contributed by atoms with Gasteiger partial charge in [-0.15, -0.1) is 0 Å². The van der Waals surface area contributed by atoms with E-state index < -0.39 is 0 Å². The molecular weight excluding hydrogens is 408 g/mol. The molecule has 0 aliphatic carbocycles. The average molecular weight is 434 g/mol. The topological polar surface area (TPSA) is 78.0 Å². The molecule has 0 saturated carbocycles. The minimum absolute atomic E-state index is 0.116. The van der Waals surface area contributed by atoms with Gasteiger partial charge >= 0.3 is 5.97 Å². The molecular formula is C25H26N2O5. The number of benzene rings is 2. The van der Waals surface area contributed by atoms with Crippen LogP contribution in [-0.4, -0.2) is 41.5 Å². The van der Waals surface area contributed by atoms with Gasteiger partial charge < -0.3 is 19.1 Å². The van der Waals surface area contributed by atoms with Crippen LogP contribution in [0.15, 0.2) is 79.1 Å². The second kappa shape index (κ2) is 12.1. The Morgan fingerprint density at radius 2 is 1.62 bits per heavy atom. The molecule has 3 rings (SSSR count). The molecule has 0 saturated heterocycles. The predicted octanol–water partition coefficient (Wildman–Crippen LogP) is 4.23. The highest BCUT2D eigenvalue weighted by Gasteiger charge is 2.17. The van der Waals surface area contributed by atoms with Gasteiger partial charge in [0.1, 0.15) is 17.2 Å². The Hall–Kier alpha value is -3.87. The van der Waals surface area contributed by atoms with Gasteiger partial charge in [0.15, 0.2) is 6.61 Å². The zero-order valence-corrected chi connectivity index (χ0v) is 18.0. The third-order valence-corrected chi connectivity index (χ3v) is 4.51. The lowest BCUT2D eigenvalue weighted by Crippen LogP contribution is -2.36. The first-order chi connectivity index (χ1) is 15.6. The van der Waals surface area contributed by atoms with E-state index in [9.17, 15) is 9.59 Å². The molecule has 32 heavy (non-hydrogen) atoms. The number of rotatable bonds is 11. The first-order valence-electron chi connectivity index (χ1n) is 10.4. The van der Waals surface area contributed by atoms with E-state index in [-0.39, 0.29) is 31.4 Å². The Labute approximate surface area is 187 Å². The number of ether oxygens (including phenoxy) is 3. The van der Waals surface area contributed by atoms with Crippen LogP contribution in [-0.2, 0) is 20.9 Å². The summed E-state index contributed by atoms with van der Waals surface area (Å²) in [5.74, 6) is 1.38. The highest BCUT2D eigenvalue weighted by atomic mass is 16.5. The van der Waals surface area contributed by atoms with Crippen LogP contribution in [0.3, 0.4) is 0 Å². The molecule has 0 N–H and O–H groups in total. The normalized spacial score (nSPS) is 10.3. The summed E-state index contributed by atoms with van der Waals surface area (Å²) < 4.78 is 16.4. The lowest BCUT2D eigenvalue weighted by molar-refractivity contribution is -0.144. The van der Waals surface area contributed by atoms with Crippen molar-refractivity contribution in [1.82, 2.24) is 9.88 Å². The van der Waals surface area contributed by atoms with Crippen molar-refractivity contribution < 1.29 is 23.8 Å². The summed E-state index contributed by atoms with van der Waals surface area (Å²) in [6.45, 7) is 2.48. The van der Waals surface area contributed by atoms with Gasteiger partial charge in [0.2, 0.25) is 0 Å². The first kappa shape index (κ1) is 22.8. The Morgan fingerprint density at radius 1 is 0.906 bits per heavy atom. The number of hydrogen-bond acceptors (Lipinski definition) is 6. The van der Waals surface area contributed by atoms with E-state index in [1.54, 1.807) is 54.5 Å². The number of esters is 1. The molecule has 0 aliphatic heterocycles. The molecule has 0 bridgehead atoms. The minimum Gasteiger partial charge on any atom is -0.484 e. The van der Waals surface area contributed by atoms with Gasteiger partial charge in [-0.1, -0.05) is 24.3 Å². The van der Waals surface area contributed by atoms with Crippen molar-refractivity contribution in [1.29, 1.82) is 0 Å². The van der Waals surface area contributed by atoms with Gasteiger partial charge in [-0.25, -0.2) is 0 Å². The third-order valence-electron chi connectivity index (χ3n) is 4.51. The van der Waals surface area contributed by atoms with Crippen LogP contribution in [0, 0.1) is 0 Å². The molecule has 1 amide bonds. The van der Waals surface area contributed by atoms with Crippen molar-refractivity contribution in [2.24, 2.45) is 0 Å². The second-order valence-electron chi connectivity index (χ2n) is 6.91. The van der Waals surface area contributed by atoms with Crippen LogP contribution in [0.25, 0.3) is 0 Å². The number of carbonyl (C=O) groups excluding carboxylic acids is 2. The van der Waals surface area contributed by atoms with Gasteiger partial charge in [0, 0.05) is 25.5 Å². The summed E-state index contributed by atoms with van der Waals surface area (Å²) >= 11 is 0. The SMILES string of the molecule is CCOC(=O)CCN(Cc1cccnc1)C(=O)COc1ccc(Oc2ccccc2)cc1. The molecule has 0 atom stereocenters. The zero-order valence-electron chi connectivity index (χ0n) is 18.0. The number of nitrogens with zero attached hydrogens (tertiary/aromatic N) is 2. The third kappa shape index (κ3) is 7.43. The van der Waals surface area contributed by atoms with E-state index in [1.807, 2.05) is 36.4 Å². The van der Waals surface area contributed by atoms with Crippen LogP contribution in [0.5, 0.6) is 17.2 Å². The summed E-state index contributed by atoms with van der Waals surface area (Å²) in [5.41, 5.74) is 0.868. The number of carbonyl (C=O) groups is 2. The quantitative estimate of drug-likeness (QED) is 0.420. The smallest absolute Gasteiger partial charge is 0.307 e. The van der Waals surface area contributed by atoms with Gasteiger partial charge in [-0.05, 0) is 55.0 Å². The number of pyridine rings is 1. The molecule has 0 aliphatic rings. The Kier molecular flexibility index (Phi) is 8.62. The van der Waals surface area contributed by atoms with Crippen LogP contribution < -0.4 is 9.47 Å². The largest absolute Gasteiger partial charge is 0.484 e. The predicted molar refractivity (Wildman–Crippen MR) is 119 cm³/mol. The molecule has 3 aromatic rings. The van der Waals surface area contributed by atoms with E-state index in [1.165, 1.54) is 0 Å². The lowest BCUT2D eigenvalue weighted by atomic mass is 10.2. The second-order valence-corrected chi connectivity index (χ2v) is 6.91. The van der Waals surface area contributed by atoms with Crippen molar-refractivity contribution in [3.05, 3.63) is 84.7 Å². The summed E-state index contributed by atoms with van der Waals surface area (Å²) in [6, 6.07) is 20.2. The molecule has 0 radical (unpaired) electrons. The first-order valence-corrected chi connectivity index (χ1v) is 10.4. The number of amides is 1. The fraction of sp³-hybridized carbons (Fsp3) is 0.240. The summed E-state index contributed by atoms with van der Waals surface area (Å²) in [5, 5.41) is 0. The van der Waals surface area contributed by atoms with E-state index in [4.69, 9.17) is 14.2 Å². The number of para-hydroxylation sites is 1. The van der Waals surface area contributed by atoms with Gasteiger partial charge in [-0.3, -0.25) is 14.6 Å². The fourth-order valence-electron chi connectivity index (χ4n) is 2.93. The van der Waals surface area contributed by atoms with Gasteiger partial charge in [0.05, 0.1) is 13.0 Å². The van der Waals surface area contributed by atoms with Crippen LogP contribution in [0.2, 0.25) is 0 Å². The number of hydrogen-bond donors (Lipinski definition) is 0. The maximum atomic E-state index is 12.8. The van der Waals surface area contributed by atoms with Crippen molar-refractivity contribution in [3.8, 4) is 17.2 Å². The van der Waals surface area contributed by atoms with Crippen LogP contribution >= 0.6 is 0 Å². The van der Waals surface area contributed by atoms with Crippen molar-refractivity contribution in [2.45, 2.75) is 19.9 Å². The molecule has 0 unspecified atom stereocenters. The molecule has 0 fully saturated rings. The molecule has 166 valence electrons. The Bertz CT molecular complexity index is 978. The molecule has 1 heterocycles. The van der Waals surface area contributed by atoms with Crippen molar-refractivity contribution in [2.75, 3.05) is 19.8 Å². The summed E-state index contributed by atoms with van der Waals surface area (Å²) in [6.07, 6.45) is 3.48. The standard InChI is InChI=1S/C25H26N2O5/c1-2-30-25(29)14-16-27(18-20-7-6-15-26-17-20)24(28)19-31-21-10-12-23(13-11-21)32-22-8-4-3-5-9-22/h3-13,15,17H,2,14,16,18-19H2,1H3. The molecule has 2 aromatic carbocycles. The summed E-state index contributed by atoms with van der Waals surface area (Å²) in [4.78, 5) is 30.2. The highest BCUT2D eigenvalue weighted by molar-refractivity contribution is 5.78. The van der Waals surface area contributed by atoms with Gasteiger partial charge in [0.25, 0.3) is 5.91 Å². The van der Waals surface area contributed by atoms with E-state index in [2.05, 4.69) is 4.98 Å². The van der Waals surface area contributed by atoms with Crippen molar-refractivity contribution in [3.63, 3.8) is 0 Å². The molecule has 7 heteroatoms. The minimum atomic E-state index is -0.341. The van der Waals surface area contributed by atoms with Crippen LogP contribution in [0.1, 0.15) is 18.9 Å². The lowest BCUT2D eigenvalue weighted by Gasteiger charge is -2.22. The molecule has 1 aromatic heterocycles. The molecule has 0 spiro atoms. The average Bonchev–Trinajstić information content (AvgIpc) is 2.82. The maximum absolute atomic E-state index is 12.8. The number of aromatic nitrogens is 1.